The summed E-state index contributed by atoms with van der Waals surface area (Å²) in [5.74, 6) is 0. The van der Waals surface area contributed by atoms with Gasteiger partial charge in [0.1, 0.15) is 0 Å². The molecule has 0 saturated carbocycles. The first-order valence-electron chi connectivity index (χ1n) is 4.50. The van der Waals surface area contributed by atoms with E-state index < -0.39 is 0 Å². The van der Waals surface area contributed by atoms with Crippen LogP contribution in [0.1, 0.15) is 12.0 Å². The quantitative estimate of drug-likeness (QED) is 0.829. The molecule has 0 spiro atoms. The van der Waals surface area contributed by atoms with Gasteiger partial charge in [-0.05, 0) is 30.7 Å². The van der Waals surface area contributed by atoms with Crippen LogP contribution in [-0.4, -0.2) is 13.1 Å². The molecule has 0 unspecified atom stereocenters. The third-order valence-corrected chi connectivity index (χ3v) is 2.69. The summed E-state index contributed by atoms with van der Waals surface area (Å²) in [6.07, 6.45) is 3.46. The predicted molar refractivity (Wildman–Crippen MR) is 66.9 cm³/mol. The molecule has 2 rings (SSSR count). The van der Waals surface area contributed by atoms with Gasteiger partial charge in [-0.1, -0.05) is 39.7 Å². The van der Waals surface area contributed by atoms with Crippen molar-refractivity contribution < 1.29 is 0 Å². The molecule has 1 saturated heterocycles. The fourth-order valence-electron chi connectivity index (χ4n) is 1.54. The Hall–Kier alpha value is -0.310. The van der Waals surface area contributed by atoms with Crippen LogP contribution in [0.5, 0.6) is 0 Å². The second-order valence-corrected chi connectivity index (χ2v) is 4.20. The number of benzene rings is 1. The van der Waals surface area contributed by atoms with Crippen molar-refractivity contribution in [3.8, 4) is 0 Å². The van der Waals surface area contributed by atoms with Crippen molar-refractivity contribution in [2.24, 2.45) is 0 Å². The third-order valence-electron chi connectivity index (χ3n) is 2.19. The maximum absolute atomic E-state index is 3.47. The van der Waals surface area contributed by atoms with E-state index in [9.17, 15) is 0 Å². The van der Waals surface area contributed by atoms with Crippen molar-refractivity contribution in [3.63, 3.8) is 0 Å². The summed E-state index contributed by atoms with van der Waals surface area (Å²) in [6, 6.07) is 8.40. The van der Waals surface area contributed by atoms with E-state index in [2.05, 4.69) is 51.6 Å². The van der Waals surface area contributed by atoms with E-state index in [0.29, 0.717) is 0 Å². The van der Waals surface area contributed by atoms with Gasteiger partial charge in [-0.2, -0.15) is 0 Å². The van der Waals surface area contributed by atoms with Crippen molar-refractivity contribution in [2.45, 2.75) is 6.42 Å². The summed E-state index contributed by atoms with van der Waals surface area (Å²) in [6.45, 7) is 2.17. The molecule has 1 aromatic carbocycles. The molecular weight excluding hydrogens is 261 g/mol. The summed E-state index contributed by atoms with van der Waals surface area (Å²) in [5, 5.41) is 3.33. The van der Waals surface area contributed by atoms with Gasteiger partial charge < -0.3 is 5.32 Å². The van der Waals surface area contributed by atoms with Crippen LogP contribution in [0.3, 0.4) is 0 Å². The highest BCUT2D eigenvalue weighted by Gasteiger charge is 2.04. The fraction of sp³-hybridized carbons (Fsp3) is 0.273. The van der Waals surface area contributed by atoms with E-state index >= 15 is 0 Å². The molecule has 1 fully saturated rings. The molecule has 14 heavy (non-hydrogen) atoms. The van der Waals surface area contributed by atoms with E-state index in [4.69, 9.17) is 0 Å². The molecule has 1 aliphatic rings. The number of halogens is 2. The van der Waals surface area contributed by atoms with Crippen LogP contribution in [0.25, 0.3) is 6.08 Å². The minimum atomic E-state index is 0. The van der Waals surface area contributed by atoms with Gasteiger partial charge in [0.2, 0.25) is 0 Å². The summed E-state index contributed by atoms with van der Waals surface area (Å²) in [7, 11) is 0. The van der Waals surface area contributed by atoms with Crippen molar-refractivity contribution in [3.05, 3.63) is 39.9 Å². The van der Waals surface area contributed by atoms with Gasteiger partial charge in [0.05, 0.1) is 0 Å². The molecule has 76 valence electrons. The molecule has 0 aromatic heterocycles. The van der Waals surface area contributed by atoms with E-state index in [1.807, 2.05) is 0 Å². The predicted octanol–water partition coefficient (Wildman–Crippen LogP) is 3.25. The molecule has 1 nitrogen and oxygen atoms in total. The van der Waals surface area contributed by atoms with Crippen molar-refractivity contribution in [2.75, 3.05) is 13.1 Å². The van der Waals surface area contributed by atoms with E-state index in [-0.39, 0.29) is 12.4 Å². The monoisotopic (exact) mass is 273 g/mol. The first-order valence-corrected chi connectivity index (χ1v) is 5.29. The maximum Gasteiger partial charge on any atom is 0.0181 e. The highest BCUT2D eigenvalue weighted by atomic mass is 79.9. The Morgan fingerprint density at radius 1 is 1.36 bits per heavy atom. The molecule has 1 heterocycles. The number of rotatable bonds is 1. The van der Waals surface area contributed by atoms with E-state index in [0.717, 1.165) is 17.6 Å². The van der Waals surface area contributed by atoms with Gasteiger partial charge in [-0.15, -0.1) is 12.4 Å². The average Bonchev–Trinajstić information content (AvgIpc) is 2.57. The standard InChI is InChI=1S/C11H12BrN.ClH/c12-11-3-1-2-9(7-11)6-10-4-5-13-8-10;/h1-3,6-7,13H,4-5,8H2;1H. The normalized spacial score (nSPS) is 18.2. The topological polar surface area (TPSA) is 12.0 Å². The number of hydrogen-bond acceptors (Lipinski definition) is 1. The summed E-state index contributed by atoms with van der Waals surface area (Å²) in [5.41, 5.74) is 2.78. The number of hydrogen-bond donors (Lipinski definition) is 1. The minimum absolute atomic E-state index is 0. The lowest BCUT2D eigenvalue weighted by Crippen LogP contribution is -2.04. The van der Waals surface area contributed by atoms with Gasteiger partial charge in [-0.25, -0.2) is 0 Å². The lowest BCUT2D eigenvalue weighted by atomic mass is 10.1. The first kappa shape index (κ1) is 11.8. The molecule has 0 atom stereocenters. The second kappa shape index (κ2) is 5.54. The molecule has 1 aliphatic heterocycles. The van der Waals surface area contributed by atoms with Gasteiger partial charge in [0.15, 0.2) is 0 Å². The second-order valence-electron chi connectivity index (χ2n) is 3.28. The maximum atomic E-state index is 3.47. The Bertz CT molecular complexity index is 328. The Morgan fingerprint density at radius 2 is 2.21 bits per heavy atom. The summed E-state index contributed by atoms with van der Waals surface area (Å²) >= 11 is 3.47. The molecule has 0 aliphatic carbocycles. The molecule has 0 radical (unpaired) electrons. The SMILES string of the molecule is Brc1cccc(C=C2CCNC2)c1.Cl. The highest BCUT2D eigenvalue weighted by Crippen LogP contribution is 2.16. The minimum Gasteiger partial charge on any atom is -0.313 e. The zero-order chi connectivity index (χ0) is 9.10. The molecular formula is C11H13BrClN. The zero-order valence-electron chi connectivity index (χ0n) is 7.79. The summed E-state index contributed by atoms with van der Waals surface area (Å²) in [4.78, 5) is 0. The smallest absolute Gasteiger partial charge is 0.0181 e. The van der Waals surface area contributed by atoms with E-state index in [1.54, 1.807) is 0 Å². The van der Waals surface area contributed by atoms with Crippen LogP contribution in [-0.2, 0) is 0 Å². The molecule has 3 heteroatoms. The van der Waals surface area contributed by atoms with Gasteiger partial charge in [0.25, 0.3) is 0 Å². The zero-order valence-corrected chi connectivity index (χ0v) is 10.2. The average molecular weight is 275 g/mol. The first-order chi connectivity index (χ1) is 6.34. The Kier molecular flexibility index (Phi) is 4.66. The van der Waals surface area contributed by atoms with Crippen LogP contribution in [0.2, 0.25) is 0 Å². The van der Waals surface area contributed by atoms with Crippen molar-refractivity contribution >= 4 is 34.4 Å². The van der Waals surface area contributed by atoms with Gasteiger partial charge in [0, 0.05) is 11.0 Å². The van der Waals surface area contributed by atoms with Crippen LogP contribution in [0, 0.1) is 0 Å². The molecule has 1 N–H and O–H groups in total. The lowest BCUT2D eigenvalue weighted by Gasteiger charge is -1.97. The van der Waals surface area contributed by atoms with Gasteiger partial charge in [-0.3, -0.25) is 0 Å². The van der Waals surface area contributed by atoms with Crippen LogP contribution < -0.4 is 5.32 Å². The fourth-order valence-corrected chi connectivity index (χ4v) is 1.96. The highest BCUT2D eigenvalue weighted by molar-refractivity contribution is 9.10. The van der Waals surface area contributed by atoms with E-state index in [1.165, 1.54) is 17.6 Å². The van der Waals surface area contributed by atoms with Gasteiger partial charge >= 0.3 is 0 Å². The van der Waals surface area contributed by atoms with Crippen molar-refractivity contribution in [1.29, 1.82) is 0 Å². The molecule has 0 bridgehead atoms. The van der Waals surface area contributed by atoms with Crippen LogP contribution >= 0.6 is 28.3 Å². The Balaban J connectivity index is 0.000000980. The number of nitrogens with one attached hydrogen (secondary N) is 1. The van der Waals surface area contributed by atoms with Crippen LogP contribution in [0.15, 0.2) is 34.3 Å². The van der Waals surface area contributed by atoms with Crippen LogP contribution in [0.4, 0.5) is 0 Å². The Morgan fingerprint density at radius 3 is 2.86 bits per heavy atom. The Labute approximate surface area is 99.1 Å². The summed E-state index contributed by atoms with van der Waals surface area (Å²) < 4.78 is 1.15. The third kappa shape index (κ3) is 3.12. The molecule has 1 aromatic rings. The van der Waals surface area contributed by atoms with Crippen molar-refractivity contribution in [1.82, 2.24) is 5.32 Å². The molecule has 0 amide bonds. The largest absolute Gasteiger partial charge is 0.313 e. The lowest BCUT2D eigenvalue weighted by molar-refractivity contribution is 0.862.